The second-order valence-electron chi connectivity index (χ2n) is 7.05. The Labute approximate surface area is 184 Å². The van der Waals surface area contributed by atoms with E-state index in [1.54, 1.807) is 24.3 Å². The van der Waals surface area contributed by atoms with Gasteiger partial charge in [0.25, 0.3) is 0 Å². The number of nitrogens with one attached hydrogen (secondary N) is 2. The first-order chi connectivity index (χ1) is 15.1. The summed E-state index contributed by atoms with van der Waals surface area (Å²) >= 11 is 6.22. The van der Waals surface area contributed by atoms with Crippen molar-refractivity contribution >= 4 is 35.2 Å². The molecule has 0 aliphatic carbocycles. The molecule has 2 aromatic rings. The number of benzene rings is 2. The lowest BCUT2D eigenvalue weighted by atomic mass is 9.95. The lowest BCUT2D eigenvalue weighted by Gasteiger charge is -2.32. The van der Waals surface area contributed by atoms with Crippen molar-refractivity contribution in [2.75, 3.05) is 18.5 Å². The van der Waals surface area contributed by atoms with Gasteiger partial charge >= 0.3 is 18.2 Å². The highest BCUT2D eigenvalue weighted by Crippen LogP contribution is 2.37. The largest absolute Gasteiger partial charge is 0.456 e. The molecular weight excluding hydrogens is 451 g/mol. The number of carbonyl (C=O) groups is 3. The normalized spacial score (nSPS) is 18.2. The molecule has 2 aliphatic heterocycles. The van der Waals surface area contributed by atoms with E-state index in [-0.39, 0.29) is 23.6 Å². The van der Waals surface area contributed by atoms with Crippen LogP contribution >= 0.6 is 11.6 Å². The molecule has 0 fully saturated rings. The summed E-state index contributed by atoms with van der Waals surface area (Å²) in [5.41, 5.74) is 0.171. The third-order valence-electron chi connectivity index (χ3n) is 5.01. The molecule has 0 radical (unpaired) electrons. The number of hydrogen-bond donors (Lipinski definition) is 2. The molecule has 0 spiro atoms. The van der Waals surface area contributed by atoms with Crippen molar-refractivity contribution in [1.82, 2.24) is 10.2 Å². The zero-order chi connectivity index (χ0) is 23.0. The number of esters is 1. The number of hydrogen-bond acceptors (Lipinski definition) is 4. The Hall–Kier alpha value is -3.53. The van der Waals surface area contributed by atoms with E-state index in [0.29, 0.717) is 10.6 Å². The van der Waals surface area contributed by atoms with Gasteiger partial charge in [0.1, 0.15) is 13.2 Å². The van der Waals surface area contributed by atoms with E-state index in [4.69, 9.17) is 16.3 Å². The smallest absolute Gasteiger partial charge is 0.416 e. The second-order valence-corrected chi connectivity index (χ2v) is 7.46. The van der Waals surface area contributed by atoms with E-state index in [9.17, 15) is 27.6 Å². The van der Waals surface area contributed by atoms with Gasteiger partial charge in [0.15, 0.2) is 0 Å². The van der Waals surface area contributed by atoms with Gasteiger partial charge in [-0.25, -0.2) is 9.59 Å². The van der Waals surface area contributed by atoms with E-state index in [1.165, 1.54) is 0 Å². The van der Waals surface area contributed by atoms with Crippen LogP contribution in [0.25, 0.3) is 0 Å². The average Bonchev–Trinajstić information content (AvgIpc) is 3.12. The van der Waals surface area contributed by atoms with E-state index in [2.05, 4.69) is 10.6 Å². The van der Waals surface area contributed by atoms with E-state index < -0.39 is 42.2 Å². The SMILES string of the molecule is O=C(CN1C(=O)N[C@@H](c2ccccc2Cl)C2=C1COC2=O)Nc1ccc(C(F)(F)F)cc1. The molecule has 0 bridgehead atoms. The minimum absolute atomic E-state index is 0.127. The molecule has 0 saturated carbocycles. The predicted molar refractivity (Wildman–Crippen MR) is 107 cm³/mol. The van der Waals surface area contributed by atoms with Crippen LogP contribution in [0.3, 0.4) is 0 Å². The number of anilines is 1. The fourth-order valence-corrected chi connectivity index (χ4v) is 3.75. The Kier molecular flexibility index (Phi) is 5.55. The lowest BCUT2D eigenvalue weighted by molar-refractivity contribution is -0.138. The van der Waals surface area contributed by atoms with Crippen LogP contribution in [0.15, 0.2) is 59.8 Å². The Balaban J connectivity index is 1.55. The number of amides is 3. The zero-order valence-corrected chi connectivity index (χ0v) is 17.0. The Morgan fingerprint density at radius 3 is 2.50 bits per heavy atom. The van der Waals surface area contributed by atoms with Crippen molar-refractivity contribution in [3.8, 4) is 0 Å². The van der Waals surface area contributed by atoms with Crippen LogP contribution in [-0.2, 0) is 20.5 Å². The summed E-state index contributed by atoms with van der Waals surface area (Å²) in [7, 11) is 0. The predicted octanol–water partition coefficient (Wildman–Crippen LogP) is 3.87. The van der Waals surface area contributed by atoms with E-state index in [0.717, 1.165) is 29.2 Å². The number of halogens is 4. The molecule has 2 aliphatic rings. The summed E-state index contributed by atoms with van der Waals surface area (Å²) < 4.78 is 43.1. The molecule has 2 N–H and O–H groups in total. The fourth-order valence-electron chi connectivity index (χ4n) is 3.51. The third kappa shape index (κ3) is 4.13. The van der Waals surface area contributed by atoms with E-state index in [1.807, 2.05) is 0 Å². The Bertz CT molecular complexity index is 1130. The van der Waals surface area contributed by atoms with Crippen LogP contribution < -0.4 is 10.6 Å². The van der Waals surface area contributed by atoms with Gasteiger partial charge in [0, 0.05) is 10.7 Å². The van der Waals surface area contributed by atoms with Crippen molar-refractivity contribution in [2.24, 2.45) is 0 Å². The number of alkyl halides is 3. The summed E-state index contributed by atoms with van der Waals surface area (Å²) in [6.07, 6.45) is -4.50. The number of urea groups is 1. The molecule has 4 rings (SSSR count). The maximum Gasteiger partial charge on any atom is 0.416 e. The van der Waals surface area contributed by atoms with Gasteiger partial charge in [-0.3, -0.25) is 9.69 Å². The zero-order valence-electron chi connectivity index (χ0n) is 16.2. The molecule has 32 heavy (non-hydrogen) atoms. The van der Waals surface area contributed by atoms with E-state index >= 15 is 0 Å². The van der Waals surface area contributed by atoms with Gasteiger partial charge in [-0.1, -0.05) is 29.8 Å². The van der Waals surface area contributed by atoms with Gasteiger partial charge in [0.05, 0.1) is 22.9 Å². The van der Waals surface area contributed by atoms with Crippen molar-refractivity contribution in [3.63, 3.8) is 0 Å². The molecule has 0 unspecified atom stereocenters. The van der Waals surface area contributed by atoms with Gasteiger partial charge in [-0.2, -0.15) is 13.2 Å². The molecular formula is C21H15ClF3N3O4. The summed E-state index contributed by atoms with van der Waals surface area (Å²) in [6, 6.07) is 9.10. The first kappa shape index (κ1) is 21.7. The van der Waals surface area contributed by atoms with Crippen LogP contribution in [0.4, 0.5) is 23.7 Å². The number of cyclic esters (lactones) is 1. The molecule has 166 valence electrons. The molecule has 3 amide bonds. The quantitative estimate of drug-likeness (QED) is 0.671. The fraction of sp³-hybridized carbons (Fsp3) is 0.190. The van der Waals surface area contributed by atoms with Crippen molar-refractivity contribution in [2.45, 2.75) is 12.2 Å². The van der Waals surface area contributed by atoms with Gasteiger partial charge < -0.3 is 15.4 Å². The number of ether oxygens (including phenoxy) is 1. The maximum absolute atomic E-state index is 12.7. The number of rotatable bonds is 4. The summed E-state index contributed by atoms with van der Waals surface area (Å²) in [6.45, 7) is -0.673. The van der Waals surface area contributed by atoms with Gasteiger partial charge in [0.2, 0.25) is 5.91 Å². The molecule has 11 heteroatoms. The highest BCUT2D eigenvalue weighted by molar-refractivity contribution is 6.31. The van der Waals surface area contributed by atoms with Crippen LogP contribution in [0.5, 0.6) is 0 Å². The molecule has 7 nitrogen and oxygen atoms in total. The van der Waals surface area contributed by atoms with Crippen LogP contribution in [0.1, 0.15) is 17.2 Å². The van der Waals surface area contributed by atoms with Gasteiger partial charge in [-0.15, -0.1) is 0 Å². The molecule has 0 saturated heterocycles. The molecule has 1 atom stereocenters. The second kappa shape index (κ2) is 8.19. The maximum atomic E-state index is 12.7. The topological polar surface area (TPSA) is 87.7 Å². The standard InChI is InChI=1S/C21H15ClF3N3O4/c22-14-4-2-1-3-13(14)18-17-15(10-32-19(17)30)28(20(31)27-18)9-16(29)26-12-7-5-11(6-8-12)21(23,24)25/h1-8,18H,9-10H2,(H,26,29)(H,27,31)/t18-/m0/s1. The molecule has 2 aromatic carbocycles. The van der Waals surface area contributed by atoms with Crippen molar-refractivity contribution in [3.05, 3.63) is 76.0 Å². The Morgan fingerprint density at radius 2 is 1.84 bits per heavy atom. The summed E-state index contributed by atoms with van der Waals surface area (Å²) in [5, 5.41) is 5.44. The molecule has 2 heterocycles. The number of carbonyl (C=O) groups excluding carboxylic acids is 3. The highest BCUT2D eigenvalue weighted by Gasteiger charge is 2.43. The van der Waals surface area contributed by atoms with Crippen molar-refractivity contribution in [1.29, 1.82) is 0 Å². The monoisotopic (exact) mass is 465 g/mol. The highest BCUT2D eigenvalue weighted by atomic mass is 35.5. The third-order valence-corrected chi connectivity index (χ3v) is 5.36. The van der Waals surface area contributed by atoms with Gasteiger partial charge in [-0.05, 0) is 35.9 Å². The van der Waals surface area contributed by atoms with Crippen LogP contribution in [0.2, 0.25) is 5.02 Å². The minimum atomic E-state index is -4.50. The average molecular weight is 466 g/mol. The lowest BCUT2D eigenvalue weighted by Crippen LogP contribution is -2.49. The Morgan fingerprint density at radius 1 is 1.16 bits per heavy atom. The minimum Gasteiger partial charge on any atom is -0.456 e. The number of nitrogens with zero attached hydrogens (tertiary/aromatic N) is 1. The summed E-state index contributed by atoms with van der Waals surface area (Å²) in [5.74, 6) is -1.31. The van der Waals surface area contributed by atoms with Crippen LogP contribution in [0, 0.1) is 0 Å². The van der Waals surface area contributed by atoms with Crippen molar-refractivity contribution < 1.29 is 32.3 Å². The molecule has 0 aromatic heterocycles. The summed E-state index contributed by atoms with van der Waals surface area (Å²) in [4.78, 5) is 38.6. The first-order valence-electron chi connectivity index (χ1n) is 9.35. The van der Waals surface area contributed by atoms with Crippen LogP contribution in [-0.4, -0.2) is 36.0 Å². The first-order valence-corrected chi connectivity index (χ1v) is 9.72.